The summed E-state index contributed by atoms with van der Waals surface area (Å²) in [4.78, 5) is 4.00. The molecule has 0 bridgehead atoms. The van der Waals surface area contributed by atoms with Gasteiger partial charge in [0.25, 0.3) is 0 Å². The smallest absolute Gasteiger partial charge is 0.121 e. The quantitative estimate of drug-likeness (QED) is 0.858. The topological polar surface area (TPSA) is 47.3 Å². The van der Waals surface area contributed by atoms with E-state index < -0.39 is 6.10 Å². The lowest BCUT2D eigenvalue weighted by atomic mass is 10.3. The Morgan fingerprint density at radius 1 is 1.47 bits per heavy atom. The molecule has 4 heteroatoms. The highest BCUT2D eigenvalue weighted by Crippen LogP contribution is 2.16. The number of aliphatic hydroxyl groups excluding tert-OH is 1. The number of rotatable bonds is 5. The summed E-state index contributed by atoms with van der Waals surface area (Å²) >= 11 is 0. The highest BCUT2D eigenvalue weighted by atomic mass is 16.5. The number of imidazole rings is 1. The molecular formula is C13H16N2O2. The van der Waals surface area contributed by atoms with Gasteiger partial charge in [-0.25, -0.2) is 4.98 Å². The van der Waals surface area contributed by atoms with E-state index in [-0.39, 0.29) is 0 Å². The molecule has 0 aliphatic heterocycles. The molecule has 1 aromatic carbocycles. The van der Waals surface area contributed by atoms with E-state index >= 15 is 0 Å². The maximum Gasteiger partial charge on any atom is 0.121 e. The Morgan fingerprint density at radius 2 is 2.35 bits per heavy atom. The molecule has 0 aliphatic rings. The standard InChI is InChI=1S/C13H16N2O2/c1-2-12(16)9-17-13-5-3-4-11(8-13)15-7-6-14-10-15/h3-8,10,12,16H,2,9H2,1H3/t12-/m0/s1. The minimum Gasteiger partial charge on any atom is -0.491 e. The van der Waals surface area contributed by atoms with Crippen LogP contribution in [0, 0.1) is 0 Å². The second-order valence-electron chi connectivity index (χ2n) is 3.84. The molecule has 1 heterocycles. The molecule has 2 rings (SSSR count). The van der Waals surface area contributed by atoms with Crippen LogP contribution in [-0.4, -0.2) is 27.4 Å². The molecule has 17 heavy (non-hydrogen) atoms. The average Bonchev–Trinajstić information content (AvgIpc) is 2.90. The third-order valence-corrected chi connectivity index (χ3v) is 2.53. The van der Waals surface area contributed by atoms with Crippen LogP contribution in [0.25, 0.3) is 5.69 Å². The van der Waals surface area contributed by atoms with Gasteiger partial charge in [0.2, 0.25) is 0 Å². The van der Waals surface area contributed by atoms with Gasteiger partial charge in [-0.1, -0.05) is 13.0 Å². The monoisotopic (exact) mass is 232 g/mol. The van der Waals surface area contributed by atoms with Crippen molar-refractivity contribution < 1.29 is 9.84 Å². The van der Waals surface area contributed by atoms with Crippen molar-refractivity contribution in [2.45, 2.75) is 19.4 Å². The molecule has 1 atom stereocenters. The SMILES string of the molecule is CC[C@H](O)COc1cccc(-n2ccnc2)c1. The van der Waals surface area contributed by atoms with Gasteiger partial charge in [-0.15, -0.1) is 0 Å². The van der Waals surface area contributed by atoms with Gasteiger partial charge in [0, 0.05) is 18.5 Å². The van der Waals surface area contributed by atoms with E-state index in [1.807, 2.05) is 42.0 Å². The van der Waals surface area contributed by atoms with Crippen molar-refractivity contribution in [2.24, 2.45) is 0 Å². The van der Waals surface area contributed by atoms with Gasteiger partial charge >= 0.3 is 0 Å². The molecule has 2 aromatic rings. The second-order valence-corrected chi connectivity index (χ2v) is 3.84. The molecule has 0 amide bonds. The van der Waals surface area contributed by atoms with Crippen LogP contribution < -0.4 is 4.74 Å². The van der Waals surface area contributed by atoms with Crippen LogP contribution >= 0.6 is 0 Å². The van der Waals surface area contributed by atoms with E-state index in [0.717, 1.165) is 11.4 Å². The van der Waals surface area contributed by atoms with Crippen molar-refractivity contribution in [3.05, 3.63) is 43.0 Å². The molecule has 0 aliphatic carbocycles. The number of hydrogen-bond donors (Lipinski definition) is 1. The average molecular weight is 232 g/mol. The predicted octanol–water partition coefficient (Wildman–Crippen LogP) is 2.02. The van der Waals surface area contributed by atoms with E-state index in [2.05, 4.69) is 4.98 Å². The first kappa shape index (κ1) is 11.7. The predicted molar refractivity (Wildman–Crippen MR) is 65.4 cm³/mol. The lowest BCUT2D eigenvalue weighted by molar-refractivity contribution is 0.104. The Bertz CT molecular complexity index is 454. The summed E-state index contributed by atoms with van der Waals surface area (Å²) in [5.74, 6) is 0.753. The Morgan fingerprint density at radius 3 is 3.06 bits per heavy atom. The van der Waals surface area contributed by atoms with Gasteiger partial charge in [-0.05, 0) is 18.6 Å². The first-order valence-electron chi connectivity index (χ1n) is 5.69. The number of benzene rings is 1. The van der Waals surface area contributed by atoms with Gasteiger partial charge in [-0.2, -0.15) is 0 Å². The first-order valence-corrected chi connectivity index (χ1v) is 5.69. The lowest BCUT2D eigenvalue weighted by Gasteiger charge is -2.11. The zero-order valence-corrected chi connectivity index (χ0v) is 9.78. The molecular weight excluding hydrogens is 216 g/mol. The molecule has 90 valence electrons. The van der Waals surface area contributed by atoms with Crippen molar-refractivity contribution in [3.63, 3.8) is 0 Å². The molecule has 1 N–H and O–H groups in total. The summed E-state index contributed by atoms with van der Waals surface area (Å²) in [7, 11) is 0. The molecule has 0 unspecified atom stereocenters. The summed E-state index contributed by atoms with van der Waals surface area (Å²) in [6.45, 7) is 2.25. The van der Waals surface area contributed by atoms with E-state index in [4.69, 9.17) is 4.74 Å². The molecule has 0 saturated carbocycles. The van der Waals surface area contributed by atoms with Gasteiger partial charge in [0.15, 0.2) is 0 Å². The number of ether oxygens (including phenoxy) is 1. The Kier molecular flexibility index (Phi) is 3.77. The summed E-state index contributed by atoms with van der Waals surface area (Å²) in [5, 5.41) is 9.43. The largest absolute Gasteiger partial charge is 0.491 e. The minimum atomic E-state index is -0.410. The van der Waals surface area contributed by atoms with Crippen LogP contribution in [0.5, 0.6) is 5.75 Å². The zero-order chi connectivity index (χ0) is 12.1. The van der Waals surface area contributed by atoms with Gasteiger partial charge < -0.3 is 14.4 Å². The van der Waals surface area contributed by atoms with E-state index in [1.54, 1.807) is 12.5 Å². The molecule has 4 nitrogen and oxygen atoms in total. The summed E-state index contributed by atoms with van der Waals surface area (Å²) < 4.78 is 7.42. The van der Waals surface area contributed by atoms with Crippen LogP contribution in [0.15, 0.2) is 43.0 Å². The van der Waals surface area contributed by atoms with E-state index in [0.29, 0.717) is 13.0 Å². The van der Waals surface area contributed by atoms with E-state index in [9.17, 15) is 5.11 Å². The summed E-state index contributed by atoms with van der Waals surface area (Å²) in [6, 6.07) is 7.70. The van der Waals surface area contributed by atoms with Crippen molar-refractivity contribution in [2.75, 3.05) is 6.61 Å². The number of aromatic nitrogens is 2. The Balaban J connectivity index is 2.07. The molecule has 0 saturated heterocycles. The molecule has 0 spiro atoms. The van der Waals surface area contributed by atoms with Crippen LogP contribution in [0.4, 0.5) is 0 Å². The van der Waals surface area contributed by atoms with Gasteiger partial charge in [0.05, 0.1) is 18.1 Å². The van der Waals surface area contributed by atoms with Crippen LogP contribution in [0.2, 0.25) is 0 Å². The molecule has 0 fully saturated rings. The number of hydrogen-bond acceptors (Lipinski definition) is 3. The van der Waals surface area contributed by atoms with Crippen molar-refractivity contribution in [3.8, 4) is 11.4 Å². The Labute approximate surface area is 100 Å². The fourth-order valence-corrected chi connectivity index (χ4v) is 1.46. The van der Waals surface area contributed by atoms with Crippen molar-refractivity contribution in [1.82, 2.24) is 9.55 Å². The third-order valence-electron chi connectivity index (χ3n) is 2.53. The highest BCUT2D eigenvalue weighted by Gasteiger charge is 2.03. The lowest BCUT2D eigenvalue weighted by Crippen LogP contribution is -2.16. The number of aliphatic hydroxyl groups is 1. The van der Waals surface area contributed by atoms with Crippen molar-refractivity contribution >= 4 is 0 Å². The number of nitrogens with zero attached hydrogens (tertiary/aromatic N) is 2. The normalized spacial score (nSPS) is 12.4. The van der Waals surface area contributed by atoms with Gasteiger partial charge in [0.1, 0.15) is 12.4 Å². The minimum absolute atomic E-state index is 0.323. The third kappa shape index (κ3) is 3.07. The second kappa shape index (κ2) is 5.50. The summed E-state index contributed by atoms with van der Waals surface area (Å²) in [6.07, 6.45) is 5.63. The van der Waals surface area contributed by atoms with E-state index in [1.165, 1.54) is 0 Å². The fraction of sp³-hybridized carbons (Fsp3) is 0.308. The van der Waals surface area contributed by atoms with Crippen LogP contribution in [0.1, 0.15) is 13.3 Å². The first-order chi connectivity index (χ1) is 8.29. The van der Waals surface area contributed by atoms with Crippen molar-refractivity contribution in [1.29, 1.82) is 0 Å². The maximum atomic E-state index is 9.43. The molecule has 1 aromatic heterocycles. The molecule has 0 radical (unpaired) electrons. The zero-order valence-electron chi connectivity index (χ0n) is 9.78. The van der Waals surface area contributed by atoms with Crippen LogP contribution in [0.3, 0.4) is 0 Å². The summed E-state index contributed by atoms with van der Waals surface area (Å²) in [5.41, 5.74) is 0.992. The van der Waals surface area contributed by atoms with Crippen LogP contribution in [-0.2, 0) is 0 Å². The fourth-order valence-electron chi connectivity index (χ4n) is 1.46. The highest BCUT2D eigenvalue weighted by molar-refractivity contribution is 5.39. The Hall–Kier alpha value is -1.81. The maximum absolute atomic E-state index is 9.43. The van der Waals surface area contributed by atoms with Gasteiger partial charge in [-0.3, -0.25) is 0 Å².